The summed E-state index contributed by atoms with van der Waals surface area (Å²) in [5.74, 6) is 0.790. The molecule has 2 bridgehead atoms. The lowest BCUT2D eigenvalue weighted by Gasteiger charge is -2.61. The molecule has 0 aromatic heterocycles. The molecular weight excluding hydrogens is 402 g/mol. The van der Waals surface area contributed by atoms with Gasteiger partial charge in [-0.25, -0.2) is 0 Å². The standard InChI is InChI=1S/C26H35N3O3/c1-25-12-10-16(26(15-25)27-20-8-4-2-6-17(20)23(31)28-26)14-19(25)24(32)29-13-11-22(30)18-7-3-5-9-21(18)29/h2,4,6,8,16,18-19,21-22,27,30H,3,5,7,9-15H2,1H3,(H,28,31). The zero-order valence-corrected chi connectivity index (χ0v) is 19.0. The van der Waals surface area contributed by atoms with Gasteiger partial charge in [0, 0.05) is 36.0 Å². The van der Waals surface area contributed by atoms with Crippen LogP contribution in [0.3, 0.4) is 0 Å². The van der Waals surface area contributed by atoms with Crippen LogP contribution in [0.15, 0.2) is 24.3 Å². The average Bonchev–Trinajstić information content (AvgIpc) is 2.79. The van der Waals surface area contributed by atoms with Crippen LogP contribution in [0.25, 0.3) is 0 Å². The number of aliphatic hydroxyl groups excluding tert-OH is 1. The van der Waals surface area contributed by atoms with Gasteiger partial charge in [0.05, 0.1) is 11.7 Å². The fraction of sp³-hybridized carbons (Fsp3) is 0.692. The van der Waals surface area contributed by atoms with Crippen LogP contribution in [0.4, 0.5) is 5.69 Å². The van der Waals surface area contributed by atoms with E-state index >= 15 is 0 Å². The maximum Gasteiger partial charge on any atom is 0.255 e. The van der Waals surface area contributed by atoms with E-state index in [-0.39, 0.29) is 41.2 Å². The Labute approximate surface area is 190 Å². The number of amides is 2. The number of benzene rings is 1. The predicted octanol–water partition coefficient (Wildman–Crippen LogP) is 3.52. The summed E-state index contributed by atoms with van der Waals surface area (Å²) < 4.78 is 0. The minimum absolute atomic E-state index is 0.000525. The second kappa shape index (κ2) is 7.21. The zero-order chi connectivity index (χ0) is 22.1. The van der Waals surface area contributed by atoms with Crippen molar-refractivity contribution >= 4 is 17.5 Å². The number of para-hydroxylation sites is 1. The number of rotatable bonds is 1. The first-order chi connectivity index (χ1) is 15.4. The Balaban J connectivity index is 1.26. The molecule has 6 nitrogen and oxygen atoms in total. The molecule has 7 unspecified atom stereocenters. The highest BCUT2D eigenvalue weighted by Gasteiger charge is 2.61. The normalized spacial score (nSPS) is 42.6. The van der Waals surface area contributed by atoms with Crippen molar-refractivity contribution in [2.24, 2.45) is 23.2 Å². The zero-order valence-electron chi connectivity index (χ0n) is 19.0. The Bertz CT molecular complexity index is 950. The van der Waals surface area contributed by atoms with Crippen LogP contribution < -0.4 is 10.6 Å². The third-order valence-electron chi connectivity index (χ3n) is 9.59. The van der Waals surface area contributed by atoms with Gasteiger partial charge >= 0.3 is 0 Å². The van der Waals surface area contributed by atoms with E-state index in [1.54, 1.807) is 0 Å². The van der Waals surface area contributed by atoms with Gasteiger partial charge in [0.2, 0.25) is 5.91 Å². The average molecular weight is 438 g/mol. The Morgan fingerprint density at radius 3 is 2.78 bits per heavy atom. The van der Waals surface area contributed by atoms with Crippen LogP contribution >= 0.6 is 0 Å². The number of nitrogens with one attached hydrogen (secondary N) is 2. The monoisotopic (exact) mass is 437 g/mol. The maximum absolute atomic E-state index is 14.0. The van der Waals surface area contributed by atoms with E-state index < -0.39 is 5.66 Å². The van der Waals surface area contributed by atoms with Crippen LogP contribution in [0.2, 0.25) is 0 Å². The molecule has 172 valence electrons. The second-order valence-electron chi connectivity index (χ2n) is 11.4. The lowest BCUT2D eigenvalue weighted by atomic mass is 9.51. The Hall–Kier alpha value is -2.08. The first-order valence-electron chi connectivity index (χ1n) is 12.6. The molecular formula is C26H35N3O3. The number of likely N-dealkylation sites (tertiary alicyclic amines) is 1. The van der Waals surface area contributed by atoms with Gasteiger partial charge in [-0.15, -0.1) is 0 Å². The first kappa shape index (κ1) is 20.5. The number of carbonyl (C=O) groups is 2. The third kappa shape index (κ3) is 2.94. The number of aliphatic hydroxyl groups is 1. The van der Waals surface area contributed by atoms with E-state index in [0.29, 0.717) is 24.4 Å². The predicted molar refractivity (Wildman–Crippen MR) is 122 cm³/mol. The molecule has 2 aliphatic heterocycles. The van der Waals surface area contributed by atoms with E-state index in [9.17, 15) is 14.7 Å². The molecule has 4 saturated carbocycles. The smallest absolute Gasteiger partial charge is 0.255 e. The molecule has 7 atom stereocenters. The molecule has 2 heterocycles. The minimum Gasteiger partial charge on any atom is -0.393 e. The lowest BCUT2D eigenvalue weighted by molar-refractivity contribution is -0.160. The molecule has 6 heteroatoms. The summed E-state index contributed by atoms with van der Waals surface area (Å²) in [6, 6.07) is 7.93. The highest BCUT2D eigenvalue weighted by molar-refractivity contribution is 6.02. The molecule has 6 aliphatic rings. The fourth-order valence-corrected chi connectivity index (χ4v) is 7.93. The van der Waals surface area contributed by atoms with Crippen molar-refractivity contribution in [1.29, 1.82) is 0 Å². The van der Waals surface area contributed by atoms with Gasteiger partial charge in [-0.05, 0) is 62.5 Å². The van der Waals surface area contributed by atoms with Crippen LogP contribution in [0.1, 0.15) is 75.1 Å². The molecule has 0 radical (unpaired) electrons. The van der Waals surface area contributed by atoms with Crippen LogP contribution in [-0.4, -0.2) is 46.2 Å². The molecule has 1 spiro atoms. The van der Waals surface area contributed by atoms with Crippen molar-refractivity contribution in [1.82, 2.24) is 10.2 Å². The van der Waals surface area contributed by atoms with Crippen LogP contribution in [0, 0.1) is 23.2 Å². The van der Waals surface area contributed by atoms with Gasteiger partial charge in [-0.2, -0.15) is 0 Å². The number of nitrogens with zero attached hydrogens (tertiary/aromatic N) is 1. The van der Waals surface area contributed by atoms with E-state index in [4.69, 9.17) is 0 Å². The van der Waals surface area contributed by atoms with E-state index in [1.807, 2.05) is 24.3 Å². The maximum atomic E-state index is 14.0. The molecule has 3 N–H and O–H groups in total. The van der Waals surface area contributed by atoms with Gasteiger partial charge in [0.15, 0.2) is 0 Å². The topological polar surface area (TPSA) is 81.7 Å². The first-order valence-corrected chi connectivity index (χ1v) is 12.6. The van der Waals surface area contributed by atoms with Crippen molar-refractivity contribution in [2.45, 2.75) is 82.5 Å². The third-order valence-corrected chi connectivity index (χ3v) is 9.59. The van der Waals surface area contributed by atoms with Gasteiger partial charge < -0.3 is 20.6 Å². The van der Waals surface area contributed by atoms with Crippen molar-refractivity contribution in [3.05, 3.63) is 29.8 Å². The van der Waals surface area contributed by atoms with Crippen molar-refractivity contribution < 1.29 is 14.7 Å². The van der Waals surface area contributed by atoms with Gasteiger partial charge in [0.25, 0.3) is 5.91 Å². The van der Waals surface area contributed by atoms with E-state index in [1.165, 1.54) is 6.42 Å². The van der Waals surface area contributed by atoms with Gasteiger partial charge in [-0.3, -0.25) is 9.59 Å². The van der Waals surface area contributed by atoms with Crippen molar-refractivity contribution in [2.75, 3.05) is 11.9 Å². The highest BCUT2D eigenvalue weighted by Crippen LogP contribution is 2.59. The number of fused-ring (bicyclic) bond motifs is 4. The molecule has 1 aromatic carbocycles. The highest BCUT2D eigenvalue weighted by atomic mass is 16.3. The molecule has 1 saturated heterocycles. The second-order valence-corrected chi connectivity index (χ2v) is 11.4. The van der Waals surface area contributed by atoms with Crippen LogP contribution in [-0.2, 0) is 4.79 Å². The summed E-state index contributed by atoms with van der Waals surface area (Å²) in [5.41, 5.74) is 1.01. The summed E-state index contributed by atoms with van der Waals surface area (Å²) in [4.78, 5) is 29.1. The molecule has 5 fully saturated rings. The van der Waals surface area contributed by atoms with E-state index in [2.05, 4.69) is 22.5 Å². The Morgan fingerprint density at radius 1 is 1.12 bits per heavy atom. The van der Waals surface area contributed by atoms with Crippen molar-refractivity contribution in [3.63, 3.8) is 0 Å². The number of carbonyl (C=O) groups excluding carboxylic acids is 2. The molecule has 32 heavy (non-hydrogen) atoms. The molecule has 7 rings (SSSR count). The van der Waals surface area contributed by atoms with Crippen molar-refractivity contribution in [3.8, 4) is 0 Å². The quantitative estimate of drug-likeness (QED) is 0.628. The minimum atomic E-state index is -0.458. The van der Waals surface area contributed by atoms with E-state index in [0.717, 1.165) is 50.6 Å². The lowest BCUT2D eigenvalue weighted by Crippen LogP contribution is -2.70. The van der Waals surface area contributed by atoms with Crippen LogP contribution in [0.5, 0.6) is 0 Å². The fourth-order valence-electron chi connectivity index (χ4n) is 7.93. The van der Waals surface area contributed by atoms with Gasteiger partial charge in [0.1, 0.15) is 5.66 Å². The summed E-state index contributed by atoms with van der Waals surface area (Å²) >= 11 is 0. The largest absolute Gasteiger partial charge is 0.393 e. The summed E-state index contributed by atoms with van der Waals surface area (Å²) in [7, 11) is 0. The SMILES string of the molecule is CC12CCC(CC1C(=O)N1CCC(O)C3CCCCC31)C1(C2)NC(=O)c2ccccc2N1. The molecule has 2 amide bonds. The number of hydrogen-bond acceptors (Lipinski definition) is 4. The molecule has 1 aromatic rings. The Kier molecular flexibility index (Phi) is 4.62. The summed E-state index contributed by atoms with van der Waals surface area (Å²) in [6.45, 7) is 2.95. The Morgan fingerprint density at radius 2 is 1.94 bits per heavy atom. The summed E-state index contributed by atoms with van der Waals surface area (Å²) in [6.07, 6.45) is 8.50. The molecule has 4 aliphatic carbocycles. The number of anilines is 1. The number of piperidine rings is 1. The summed E-state index contributed by atoms with van der Waals surface area (Å²) in [5, 5.41) is 17.6. The van der Waals surface area contributed by atoms with Gasteiger partial charge in [-0.1, -0.05) is 31.9 Å². The number of hydrogen-bond donors (Lipinski definition) is 3.